The Bertz CT molecular complexity index is 1520. The van der Waals surface area contributed by atoms with Crippen LogP contribution in [0.1, 0.15) is 96.9 Å². The first kappa shape index (κ1) is 36.6. The zero-order valence-electron chi connectivity index (χ0n) is 27.9. The van der Waals surface area contributed by atoms with Gasteiger partial charge in [-0.2, -0.15) is 15.9 Å². The van der Waals surface area contributed by atoms with Crippen LogP contribution < -0.4 is 10.2 Å². The lowest BCUT2D eigenvalue weighted by molar-refractivity contribution is -0.955. The van der Waals surface area contributed by atoms with Crippen LogP contribution in [0.2, 0.25) is 0 Å². The van der Waals surface area contributed by atoms with Gasteiger partial charge in [0, 0.05) is 17.0 Å². The number of rotatable bonds is 11. The topological polar surface area (TPSA) is 91.1 Å². The number of benzene rings is 3. The summed E-state index contributed by atoms with van der Waals surface area (Å²) in [4.78, 5) is 8.75. The van der Waals surface area contributed by atoms with Crippen LogP contribution in [0.25, 0.3) is 22.0 Å². The Labute approximate surface area is 270 Å². The fourth-order valence-electron chi connectivity index (χ4n) is 4.78. The minimum Gasteiger partial charge on any atom is -0.492 e. The number of aryl methyl sites for hydroxylation is 1. The molecule has 0 radical (unpaired) electrons. The molecule has 0 fully saturated rings. The molecule has 2 N–H and O–H groups in total. The fraction of sp³-hybridized carbons (Fsp3) is 0.417. The van der Waals surface area contributed by atoms with Crippen LogP contribution in [0.4, 0.5) is 5.95 Å². The predicted octanol–water partition coefficient (Wildman–Crippen LogP) is 9.69. The molecule has 0 bridgehead atoms. The van der Waals surface area contributed by atoms with Gasteiger partial charge >= 0.3 is 0 Å². The van der Waals surface area contributed by atoms with E-state index >= 15 is 0 Å². The second-order valence-corrected chi connectivity index (χ2v) is 11.5. The van der Waals surface area contributed by atoms with Crippen molar-refractivity contribution in [3.05, 3.63) is 83.0 Å². The second-order valence-electron chi connectivity index (χ2n) is 10.8. The lowest BCUT2D eigenvalue weighted by Gasteiger charge is -2.28. The smallest absolute Gasteiger partial charge is 0.273 e. The van der Waals surface area contributed by atoms with Gasteiger partial charge in [0.2, 0.25) is 0 Å². The third-order valence-electron chi connectivity index (χ3n) is 7.10. The molecule has 0 aliphatic heterocycles. The van der Waals surface area contributed by atoms with Crippen molar-refractivity contribution in [2.75, 3.05) is 19.1 Å². The SMILES string of the molecule is CC.CC.CCCCOc1c(C#N)cc(C(C)(C)c2ccc(-c3ccc4nc(N[N+](C)(O)S)ncc4c3)cc2)cc1CCC. The molecule has 8 heteroatoms. The number of hydrogen-bond acceptors (Lipinski definition) is 7. The summed E-state index contributed by atoms with van der Waals surface area (Å²) in [6, 6.07) is 21.2. The number of fused-ring (bicyclic) bond motifs is 1. The molecule has 44 heavy (non-hydrogen) atoms. The van der Waals surface area contributed by atoms with E-state index in [1.807, 2.05) is 45.9 Å². The molecular formula is C36H50N5O2S+. The number of thiol groups is 1. The summed E-state index contributed by atoms with van der Waals surface area (Å²) in [6.07, 6.45) is 5.60. The van der Waals surface area contributed by atoms with Crippen LogP contribution in [0.3, 0.4) is 0 Å². The number of nitrogens with one attached hydrogen (secondary N) is 1. The van der Waals surface area contributed by atoms with Crippen LogP contribution in [0.5, 0.6) is 5.75 Å². The van der Waals surface area contributed by atoms with Gasteiger partial charge in [-0.25, -0.2) is 9.97 Å². The summed E-state index contributed by atoms with van der Waals surface area (Å²) in [5, 5.41) is 20.7. The Balaban J connectivity index is 0.00000162. The van der Waals surface area contributed by atoms with Crippen molar-refractivity contribution in [1.29, 1.82) is 5.26 Å². The third kappa shape index (κ3) is 9.43. The number of hydrogen-bond donors (Lipinski definition) is 3. The van der Waals surface area contributed by atoms with E-state index in [9.17, 15) is 10.5 Å². The molecule has 1 aromatic heterocycles. The fourth-order valence-corrected chi connectivity index (χ4v) is 4.87. The molecule has 0 aliphatic rings. The summed E-state index contributed by atoms with van der Waals surface area (Å²) in [5.41, 5.74) is 9.28. The largest absolute Gasteiger partial charge is 0.492 e. The number of anilines is 1. The van der Waals surface area contributed by atoms with Crippen molar-refractivity contribution >= 4 is 29.7 Å². The van der Waals surface area contributed by atoms with E-state index in [1.54, 1.807) is 6.20 Å². The molecule has 1 atom stereocenters. The van der Waals surface area contributed by atoms with Gasteiger partial charge in [-0.15, -0.1) is 0 Å². The molecule has 0 amide bonds. The molecule has 4 rings (SSSR count). The monoisotopic (exact) mass is 616 g/mol. The summed E-state index contributed by atoms with van der Waals surface area (Å²) >= 11 is 4.00. The first-order valence-corrected chi connectivity index (χ1v) is 16.1. The number of hydroxylamine groups is 1. The minimum absolute atomic E-state index is 0.286. The summed E-state index contributed by atoms with van der Waals surface area (Å²) in [5.74, 6) is 1.03. The normalized spacial score (nSPS) is 12.1. The average molecular weight is 617 g/mol. The number of nitriles is 1. The molecule has 1 heterocycles. The van der Waals surface area contributed by atoms with E-state index in [1.165, 1.54) is 12.6 Å². The maximum Gasteiger partial charge on any atom is 0.273 e. The molecule has 236 valence electrons. The zero-order chi connectivity index (χ0) is 32.9. The average Bonchev–Trinajstić information content (AvgIpc) is 3.02. The molecule has 0 saturated heterocycles. The molecule has 7 nitrogen and oxygen atoms in total. The first-order valence-electron chi connectivity index (χ1n) is 15.7. The van der Waals surface area contributed by atoms with Crippen LogP contribution in [0, 0.1) is 11.3 Å². The van der Waals surface area contributed by atoms with Gasteiger partial charge in [-0.1, -0.05) is 105 Å². The molecule has 1 unspecified atom stereocenters. The van der Waals surface area contributed by atoms with Gasteiger partial charge in [0.25, 0.3) is 5.95 Å². The van der Waals surface area contributed by atoms with Gasteiger partial charge in [0.15, 0.2) is 0 Å². The van der Waals surface area contributed by atoms with Crippen molar-refractivity contribution < 1.29 is 14.1 Å². The van der Waals surface area contributed by atoms with Gasteiger partial charge < -0.3 is 4.74 Å². The quantitative estimate of drug-likeness (QED) is 0.0673. The van der Waals surface area contributed by atoms with Crippen LogP contribution in [-0.2, 0) is 11.8 Å². The standard InChI is InChI=1S/C32H38N5O2S.2C2H6/c1-6-8-16-39-30-24(9-7-2)18-28(19-25(30)20-33)32(3,4)27-13-10-22(11-14-27)23-12-15-29-26(17-23)21-34-31(35-29)36-37(5,38)40;2*1-2/h10-15,17-19,21,38,40H,6-9,16H2,1-5H3,(H,34,35,36);2*1-2H3/q+1;;. The van der Waals surface area contributed by atoms with Crippen LogP contribution in [-0.4, -0.2) is 33.0 Å². The lowest BCUT2D eigenvalue weighted by Crippen LogP contribution is -2.36. The van der Waals surface area contributed by atoms with E-state index in [2.05, 4.69) is 98.4 Å². The maximum atomic E-state index is 9.97. The van der Waals surface area contributed by atoms with Crippen LogP contribution >= 0.6 is 12.8 Å². The van der Waals surface area contributed by atoms with Crippen molar-refractivity contribution in [3.8, 4) is 22.9 Å². The number of ether oxygens (including phenoxy) is 1. The minimum atomic E-state index is -0.763. The zero-order valence-corrected chi connectivity index (χ0v) is 28.8. The number of quaternary nitrogens is 1. The van der Waals surface area contributed by atoms with E-state index < -0.39 is 4.16 Å². The van der Waals surface area contributed by atoms with Gasteiger partial charge in [0.05, 0.1) is 17.7 Å². The maximum absolute atomic E-state index is 9.97. The molecule has 4 aromatic rings. The molecule has 0 aliphatic carbocycles. The highest BCUT2D eigenvalue weighted by atomic mass is 32.1. The highest BCUT2D eigenvalue weighted by Gasteiger charge is 2.26. The molecular weight excluding hydrogens is 566 g/mol. The number of nitrogens with zero attached hydrogens (tertiary/aromatic N) is 4. The van der Waals surface area contributed by atoms with Gasteiger partial charge in [-0.3, -0.25) is 0 Å². The molecule has 0 spiro atoms. The van der Waals surface area contributed by atoms with Gasteiger partial charge in [0.1, 0.15) is 31.7 Å². The third-order valence-corrected chi connectivity index (χ3v) is 7.20. The highest BCUT2D eigenvalue weighted by molar-refractivity contribution is 7.74. The van der Waals surface area contributed by atoms with E-state index in [0.717, 1.165) is 64.6 Å². The summed E-state index contributed by atoms with van der Waals surface area (Å²) in [6.45, 7) is 17.3. The summed E-state index contributed by atoms with van der Waals surface area (Å²) < 4.78 is 5.34. The Hall–Kier alpha value is -3.64. The Morgan fingerprint density at radius 1 is 0.955 bits per heavy atom. The Morgan fingerprint density at radius 3 is 2.20 bits per heavy atom. The van der Waals surface area contributed by atoms with Crippen molar-refractivity contribution in [2.45, 2.75) is 86.5 Å². The first-order chi connectivity index (χ1) is 21.1. The van der Waals surface area contributed by atoms with E-state index in [-0.39, 0.29) is 11.4 Å². The van der Waals surface area contributed by atoms with Crippen LogP contribution in [0.15, 0.2) is 60.8 Å². The highest BCUT2D eigenvalue weighted by Crippen LogP contribution is 2.37. The Kier molecular flexibility index (Phi) is 14.1. The second kappa shape index (κ2) is 17.0. The lowest BCUT2D eigenvalue weighted by atomic mass is 9.76. The summed E-state index contributed by atoms with van der Waals surface area (Å²) in [7, 11) is 1.45. The van der Waals surface area contributed by atoms with Crippen molar-refractivity contribution in [1.82, 2.24) is 9.97 Å². The van der Waals surface area contributed by atoms with E-state index in [4.69, 9.17) is 4.74 Å². The molecule has 0 saturated carbocycles. The van der Waals surface area contributed by atoms with Crippen molar-refractivity contribution in [3.63, 3.8) is 0 Å². The van der Waals surface area contributed by atoms with Crippen molar-refractivity contribution in [2.24, 2.45) is 0 Å². The number of aromatic nitrogens is 2. The Morgan fingerprint density at radius 2 is 1.61 bits per heavy atom. The predicted molar refractivity (Wildman–Crippen MR) is 186 cm³/mol. The van der Waals surface area contributed by atoms with E-state index in [0.29, 0.717) is 12.2 Å². The van der Waals surface area contributed by atoms with Gasteiger partial charge in [-0.05, 0) is 63.0 Å². The molecule has 3 aromatic carbocycles. The number of unbranched alkanes of at least 4 members (excludes halogenated alkanes) is 1.